The molecule has 1 saturated heterocycles. The normalized spacial score (nSPS) is 17.5. The lowest BCUT2D eigenvalue weighted by molar-refractivity contribution is -0.128. The van der Waals surface area contributed by atoms with Crippen LogP contribution in [0.4, 0.5) is 11.4 Å². The summed E-state index contributed by atoms with van der Waals surface area (Å²) >= 11 is 7.38. The fraction of sp³-hybridized carbons (Fsp3) is 0.273. The summed E-state index contributed by atoms with van der Waals surface area (Å²) in [6, 6.07) is 11.8. The zero-order chi connectivity index (χ0) is 22.5. The van der Waals surface area contributed by atoms with E-state index in [4.69, 9.17) is 16.3 Å². The third kappa shape index (κ3) is 5.65. The molecular formula is C22H22ClN3O4S. The minimum absolute atomic E-state index is 0.0571. The van der Waals surface area contributed by atoms with Crippen molar-refractivity contribution in [2.75, 3.05) is 19.0 Å². The topological polar surface area (TPSA) is 88.1 Å². The zero-order valence-corrected chi connectivity index (χ0v) is 18.9. The number of hydrogen-bond donors (Lipinski definition) is 1. The van der Waals surface area contributed by atoms with Gasteiger partial charge < -0.3 is 10.1 Å². The molecule has 0 spiro atoms. The van der Waals surface area contributed by atoms with Gasteiger partial charge in [0.05, 0.1) is 17.9 Å². The van der Waals surface area contributed by atoms with Gasteiger partial charge in [-0.2, -0.15) is 0 Å². The van der Waals surface area contributed by atoms with Gasteiger partial charge in [-0.1, -0.05) is 29.4 Å². The Bertz CT molecular complexity index is 1040. The van der Waals surface area contributed by atoms with Gasteiger partial charge in [0.25, 0.3) is 0 Å². The molecule has 0 saturated carbocycles. The number of anilines is 1. The maximum atomic E-state index is 12.8. The van der Waals surface area contributed by atoms with Crippen molar-refractivity contribution in [2.24, 2.45) is 4.99 Å². The van der Waals surface area contributed by atoms with Crippen LogP contribution in [0.15, 0.2) is 47.5 Å². The number of amidine groups is 1. The van der Waals surface area contributed by atoms with Crippen LogP contribution in [0.1, 0.15) is 29.3 Å². The van der Waals surface area contributed by atoms with E-state index in [2.05, 4.69) is 10.3 Å². The van der Waals surface area contributed by atoms with Gasteiger partial charge in [0.15, 0.2) is 5.17 Å². The molecular weight excluding hydrogens is 438 g/mol. The lowest BCUT2D eigenvalue weighted by Gasteiger charge is -2.28. The lowest BCUT2D eigenvalue weighted by atomic mass is 10.2. The van der Waals surface area contributed by atoms with Crippen molar-refractivity contribution in [1.29, 1.82) is 0 Å². The van der Waals surface area contributed by atoms with Crippen LogP contribution in [0.5, 0.6) is 0 Å². The summed E-state index contributed by atoms with van der Waals surface area (Å²) in [6.07, 6.45) is 0.0571. The number of nitrogens with zero attached hydrogens (tertiary/aromatic N) is 2. The molecule has 2 aromatic carbocycles. The van der Waals surface area contributed by atoms with E-state index in [1.165, 1.54) is 16.7 Å². The van der Waals surface area contributed by atoms with E-state index in [1.54, 1.807) is 44.3 Å². The number of benzene rings is 2. The van der Waals surface area contributed by atoms with E-state index in [0.29, 0.717) is 27.1 Å². The van der Waals surface area contributed by atoms with Crippen LogP contribution in [0.2, 0.25) is 5.02 Å². The quantitative estimate of drug-likeness (QED) is 0.669. The Hall–Kier alpha value is -2.84. The number of rotatable bonds is 5. The summed E-state index contributed by atoms with van der Waals surface area (Å²) in [5, 5.41) is 3.16. The molecule has 0 radical (unpaired) electrons. The fourth-order valence-electron chi connectivity index (χ4n) is 2.79. The molecule has 0 aromatic heterocycles. The van der Waals surface area contributed by atoms with Gasteiger partial charge in [-0.25, -0.2) is 9.79 Å². The number of amides is 2. The standard InChI is InChI=1S/C22H22ClN3O4S/c1-4-30-21(29)14-6-9-15(10-7-14)24-20(28)18-12-19(27)26(3)22(31-18)25-16-8-5-13(2)17(23)11-16/h5-11,18H,4,12H2,1-3H3,(H,24,28)/t18-/m0/s1. The molecule has 0 unspecified atom stereocenters. The van der Waals surface area contributed by atoms with E-state index in [1.807, 2.05) is 19.1 Å². The van der Waals surface area contributed by atoms with E-state index in [9.17, 15) is 14.4 Å². The summed E-state index contributed by atoms with van der Waals surface area (Å²) in [6.45, 7) is 3.92. The van der Waals surface area contributed by atoms with Gasteiger partial charge in [-0.3, -0.25) is 14.5 Å². The second-order valence-electron chi connectivity index (χ2n) is 6.88. The largest absolute Gasteiger partial charge is 0.462 e. The molecule has 1 heterocycles. The molecule has 1 fully saturated rings. The summed E-state index contributed by atoms with van der Waals surface area (Å²) in [5.74, 6) is -0.938. The smallest absolute Gasteiger partial charge is 0.338 e. The van der Waals surface area contributed by atoms with Crippen molar-refractivity contribution >= 4 is 57.7 Å². The van der Waals surface area contributed by atoms with E-state index in [0.717, 1.165) is 5.56 Å². The first kappa shape index (κ1) is 22.8. The van der Waals surface area contributed by atoms with E-state index in [-0.39, 0.29) is 24.8 Å². The number of aryl methyl sites for hydroxylation is 1. The van der Waals surface area contributed by atoms with Crippen molar-refractivity contribution in [3.63, 3.8) is 0 Å². The zero-order valence-electron chi connectivity index (χ0n) is 17.3. The highest BCUT2D eigenvalue weighted by Crippen LogP contribution is 2.30. The van der Waals surface area contributed by atoms with E-state index < -0.39 is 11.2 Å². The van der Waals surface area contributed by atoms with Gasteiger partial charge in [0.2, 0.25) is 11.8 Å². The Balaban J connectivity index is 1.72. The molecule has 31 heavy (non-hydrogen) atoms. The van der Waals surface area contributed by atoms with Crippen molar-refractivity contribution in [3.05, 3.63) is 58.6 Å². The average molecular weight is 460 g/mol. The van der Waals surface area contributed by atoms with Crippen LogP contribution in [-0.2, 0) is 14.3 Å². The Morgan fingerprint density at radius 3 is 2.61 bits per heavy atom. The molecule has 162 valence electrons. The number of halogens is 1. The molecule has 2 amide bonds. The van der Waals surface area contributed by atoms with Gasteiger partial charge >= 0.3 is 5.97 Å². The predicted octanol–water partition coefficient (Wildman–Crippen LogP) is 4.42. The molecule has 0 aliphatic carbocycles. The van der Waals surface area contributed by atoms with Crippen LogP contribution in [0.25, 0.3) is 0 Å². The van der Waals surface area contributed by atoms with Gasteiger partial charge in [0, 0.05) is 24.2 Å². The maximum Gasteiger partial charge on any atom is 0.338 e. The molecule has 1 atom stereocenters. The number of ether oxygens (including phenoxy) is 1. The van der Waals surface area contributed by atoms with Crippen molar-refractivity contribution in [2.45, 2.75) is 25.5 Å². The first-order valence-electron chi connectivity index (χ1n) is 9.64. The van der Waals surface area contributed by atoms with Crippen molar-refractivity contribution < 1.29 is 19.1 Å². The number of thioether (sulfide) groups is 1. The fourth-order valence-corrected chi connectivity index (χ4v) is 4.03. The Morgan fingerprint density at radius 1 is 1.26 bits per heavy atom. The summed E-state index contributed by atoms with van der Waals surface area (Å²) in [5.41, 5.74) is 2.45. The number of esters is 1. The molecule has 0 bridgehead atoms. The Morgan fingerprint density at radius 2 is 1.97 bits per heavy atom. The first-order chi connectivity index (χ1) is 14.8. The highest BCUT2D eigenvalue weighted by atomic mass is 35.5. The van der Waals surface area contributed by atoms with Gasteiger partial charge in [0.1, 0.15) is 5.25 Å². The number of hydrogen-bond acceptors (Lipinski definition) is 6. The van der Waals surface area contributed by atoms with Crippen LogP contribution in [-0.4, -0.2) is 46.8 Å². The van der Waals surface area contributed by atoms with Crippen LogP contribution in [0, 0.1) is 6.92 Å². The van der Waals surface area contributed by atoms with Crippen molar-refractivity contribution in [1.82, 2.24) is 4.90 Å². The third-order valence-corrected chi connectivity index (χ3v) is 6.25. The molecule has 1 N–H and O–H groups in total. The summed E-state index contributed by atoms with van der Waals surface area (Å²) in [7, 11) is 1.63. The number of carbonyl (C=O) groups is 3. The number of aliphatic imine (C=N–C) groups is 1. The minimum Gasteiger partial charge on any atom is -0.462 e. The second kappa shape index (κ2) is 9.98. The molecule has 3 rings (SSSR count). The number of nitrogens with one attached hydrogen (secondary N) is 1. The third-order valence-electron chi connectivity index (χ3n) is 4.60. The molecule has 1 aliphatic rings. The molecule has 1 aliphatic heterocycles. The van der Waals surface area contributed by atoms with Crippen LogP contribution < -0.4 is 5.32 Å². The highest BCUT2D eigenvalue weighted by Gasteiger charge is 2.34. The highest BCUT2D eigenvalue weighted by molar-refractivity contribution is 8.15. The SMILES string of the molecule is CCOC(=O)c1ccc(NC(=O)[C@@H]2CC(=O)N(C)C(=Nc3ccc(C)c(Cl)c3)S2)cc1. The summed E-state index contributed by atoms with van der Waals surface area (Å²) in [4.78, 5) is 42.9. The maximum absolute atomic E-state index is 12.8. The van der Waals surface area contributed by atoms with Crippen molar-refractivity contribution in [3.8, 4) is 0 Å². The Kier molecular flexibility index (Phi) is 7.35. The van der Waals surface area contributed by atoms with Gasteiger partial charge in [-0.05, 0) is 55.8 Å². The van der Waals surface area contributed by atoms with Crippen LogP contribution in [0.3, 0.4) is 0 Å². The minimum atomic E-state index is -0.631. The molecule has 7 nitrogen and oxygen atoms in total. The molecule has 2 aromatic rings. The predicted molar refractivity (Wildman–Crippen MR) is 123 cm³/mol. The lowest BCUT2D eigenvalue weighted by Crippen LogP contribution is -2.43. The number of carbonyl (C=O) groups excluding carboxylic acids is 3. The van der Waals surface area contributed by atoms with Crippen LogP contribution >= 0.6 is 23.4 Å². The average Bonchev–Trinajstić information content (AvgIpc) is 2.74. The van der Waals surface area contributed by atoms with Gasteiger partial charge in [-0.15, -0.1) is 0 Å². The molecule has 9 heteroatoms. The first-order valence-corrected chi connectivity index (χ1v) is 10.9. The summed E-state index contributed by atoms with van der Waals surface area (Å²) < 4.78 is 4.95. The monoisotopic (exact) mass is 459 g/mol. The Labute approximate surface area is 189 Å². The van der Waals surface area contributed by atoms with E-state index >= 15 is 0 Å². The second-order valence-corrected chi connectivity index (χ2v) is 8.46.